The first-order valence-corrected chi connectivity index (χ1v) is 10.0. The molecule has 0 radical (unpaired) electrons. The van der Waals surface area contributed by atoms with Crippen molar-refractivity contribution in [1.82, 2.24) is 0 Å². The lowest BCUT2D eigenvalue weighted by Gasteiger charge is -2.13. The van der Waals surface area contributed by atoms with Crippen molar-refractivity contribution in [2.75, 3.05) is 0 Å². The van der Waals surface area contributed by atoms with Gasteiger partial charge in [-0.1, -0.05) is 38.7 Å². The normalized spacial score (nSPS) is 11.6. The molecule has 0 amide bonds. The second-order valence-electron chi connectivity index (χ2n) is 3.80. The second-order valence-corrected chi connectivity index (χ2v) is 11.6. The average Bonchev–Trinajstić information content (AvgIpc) is 2.16. The van der Waals surface area contributed by atoms with Gasteiger partial charge in [0.1, 0.15) is 0 Å². The number of unbranched alkanes of at least 4 members (excludes halogenated alkanes) is 5. The molecule has 0 bridgehead atoms. The third kappa shape index (κ3) is 9.11. The van der Waals surface area contributed by atoms with E-state index in [0.717, 1.165) is 18.5 Å². The quantitative estimate of drug-likeness (QED) is 0.222. The molecule has 0 heterocycles. The van der Waals surface area contributed by atoms with Gasteiger partial charge in [0.05, 0.1) is 0 Å². The van der Waals surface area contributed by atoms with E-state index < -0.39 is 6.69 Å². The van der Waals surface area contributed by atoms with E-state index in [1.54, 1.807) is 0 Å². The van der Waals surface area contributed by atoms with E-state index in [-0.39, 0.29) is 0 Å². The van der Waals surface area contributed by atoms with Gasteiger partial charge in [0.25, 0.3) is 6.69 Å². The van der Waals surface area contributed by atoms with Crippen LogP contribution in [-0.4, -0.2) is 6.69 Å². The Labute approximate surface area is 99.1 Å². The van der Waals surface area contributed by atoms with Crippen LogP contribution in [0.1, 0.15) is 45.4 Å². The van der Waals surface area contributed by atoms with Gasteiger partial charge in [0.15, 0.2) is 0 Å². The Morgan fingerprint density at radius 1 is 1.07 bits per heavy atom. The highest BCUT2D eigenvalue weighted by atomic mass is 35.7. The number of hydrogen-bond acceptors (Lipinski definition) is 0. The summed E-state index contributed by atoms with van der Waals surface area (Å²) in [6.07, 6.45) is 9.55. The predicted molar refractivity (Wildman–Crippen MR) is 70.6 cm³/mol. The summed E-state index contributed by atoms with van der Waals surface area (Å²) in [5, 5.41) is 0. The molecular formula is C11H22Cl2Si. The molecule has 0 fully saturated rings. The number of rotatable bonds is 9. The van der Waals surface area contributed by atoms with Crippen LogP contribution in [0.2, 0.25) is 12.1 Å². The summed E-state index contributed by atoms with van der Waals surface area (Å²) < 4.78 is 0. The highest BCUT2D eigenvalue weighted by molar-refractivity contribution is 7.45. The summed E-state index contributed by atoms with van der Waals surface area (Å²) in [7, 11) is 0. The maximum Gasteiger partial charge on any atom is 0.251 e. The van der Waals surface area contributed by atoms with Crippen molar-refractivity contribution in [2.45, 2.75) is 57.5 Å². The van der Waals surface area contributed by atoms with Gasteiger partial charge < -0.3 is 0 Å². The van der Waals surface area contributed by atoms with Crippen molar-refractivity contribution in [3.05, 3.63) is 12.7 Å². The lowest BCUT2D eigenvalue weighted by molar-refractivity contribution is 0.636. The maximum atomic E-state index is 6.17. The van der Waals surface area contributed by atoms with Crippen LogP contribution in [-0.2, 0) is 0 Å². The Morgan fingerprint density at radius 2 is 1.64 bits per heavy atom. The fourth-order valence-electron chi connectivity index (χ4n) is 1.38. The maximum absolute atomic E-state index is 6.17. The van der Waals surface area contributed by atoms with Crippen LogP contribution >= 0.6 is 22.2 Å². The van der Waals surface area contributed by atoms with Gasteiger partial charge in [0, 0.05) is 0 Å². The lowest BCUT2D eigenvalue weighted by Crippen LogP contribution is -2.16. The molecule has 0 N–H and O–H groups in total. The van der Waals surface area contributed by atoms with E-state index in [9.17, 15) is 0 Å². The molecule has 0 saturated carbocycles. The summed E-state index contributed by atoms with van der Waals surface area (Å²) in [5.74, 6) is 0. The molecule has 0 unspecified atom stereocenters. The van der Waals surface area contributed by atoms with Gasteiger partial charge in [-0.3, -0.25) is 0 Å². The first-order chi connectivity index (χ1) is 6.62. The smallest absolute Gasteiger partial charge is 0.146 e. The van der Waals surface area contributed by atoms with Crippen molar-refractivity contribution in [3.8, 4) is 0 Å². The van der Waals surface area contributed by atoms with Crippen LogP contribution in [0.5, 0.6) is 0 Å². The van der Waals surface area contributed by atoms with Crippen molar-refractivity contribution < 1.29 is 0 Å². The lowest BCUT2D eigenvalue weighted by atomic mass is 10.1. The molecule has 0 nitrogen and oxygen atoms in total. The van der Waals surface area contributed by atoms with Gasteiger partial charge in [-0.15, -0.1) is 28.7 Å². The minimum absolute atomic E-state index is 0.979. The molecular weight excluding hydrogens is 231 g/mol. The van der Waals surface area contributed by atoms with Crippen LogP contribution in [0.4, 0.5) is 0 Å². The molecule has 14 heavy (non-hydrogen) atoms. The van der Waals surface area contributed by atoms with E-state index in [4.69, 9.17) is 22.2 Å². The molecule has 0 aliphatic rings. The monoisotopic (exact) mass is 252 g/mol. The predicted octanol–water partition coefficient (Wildman–Crippen LogP) is 5.45. The summed E-state index contributed by atoms with van der Waals surface area (Å²) in [6.45, 7) is 3.98. The van der Waals surface area contributed by atoms with Gasteiger partial charge in [-0.2, -0.15) is 0 Å². The van der Waals surface area contributed by atoms with Crippen LogP contribution in [0, 0.1) is 0 Å². The SMILES string of the molecule is C=CCCCCCCC[Si](Cl)(Cl)CC. The average molecular weight is 253 g/mol. The van der Waals surface area contributed by atoms with Crippen molar-refractivity contribution >= 4 is 28.9 Å². The highest BCUT2D eigenvalue weighted by Gasteiger charge is 2.24. The number of allylic oxidation sites excluding steroid dienone is 1. The summed E-state index contributed by atoms with van der Waals surface area (Å²) in [6, 6.07) is 2.04. The zero-order valence-electron chi connectivity index (χ0n) is 9.20. The third-order valence-corrected chi connectivity index (χ3v) is 7.33. The topological polar surface area (TPSA) is 0 Å². The van der Waals surface area contributed by atoms with Gasteiger partial charge in [-0.05, 0) is 24.9 Å². The Hall–Kier alpha value is 0.537. The largest absolute Gasteiger partial charge is 0.251 e. The minimum atomic E-state index is -1.82. The van der Waals surface area contributed by atoms with E-state index in [2.05, 4.69) is 13.5 Å². The van der Waals surface area contributed by atoms with Crippen LogP contribution in [0.3, 0.4) is 0 Å². The van der Waals surface area contributed by atoms with Crippen molar-refractivity contribution in [3.63, 3.8) is 0 Å². The van der Waals surface area contributed by atoms with E-state index in [1.165, 1.54) is 32.1 Å². The minimum Gasteiger partial charge on any atom is -0.146 e. The molecule has 0 aromatic heterocycles. The Kier molecular flexibility index (Phi) is 9.15. The number of halogens is 2. The number of hydrogen-bond donors (Lipinski definition) is 0. The molecule has 0 spiro atoms. The van der Waals surface area contributed by atoms with E-state index >= 15 is 0 Å². The molecule has 3 heteroatoms. The molecule has 0 aromatic carbocycles. The summed E-state index contributed by atoms with van der Waals surface area (Å²) >= 11 is 12.3. The summed E-state index contributed by atoms with van der Waals surface area (Å²) in [5.41, 5.74) is 0. The standard InChI is InChI=1S/C11H22Cl2Si/c1-3-5-6-7-8-9-10-11-14(12,13)4-2/h3H,1,4-11H2,2H3. The van der Waals surface area contributed by atoms with Gasteiger partial charge >= 0.3 is 0 Å². The first-order valence-electron chi connectivity index (χ1n) is 5.61. The zero-order valence-corrected chi connectivity index (χ0v) is 11.7. The Morgan fingerprint density at radius 3 is 2.21 bits per heavy atom. The fourth-order valence-corrected chi connectivity index (χ4v) is 3.30. The molecule has 0 saturated heterocycles. The molecule has 0 aliphatic carbocycles. The van der Waals surface area contributed by atoms with Crippen LogP contribution in [0.25, 0.3) is 0 Å². The third-order valence-electron chi connectivity index (χ3n) is 2.47. The molecule has 0 atom stereocenters. The first kappa shape index (κ1) is 14.5. The molecule has 0 rings (SSSR count). The molecule has 0 aromatic rings. The highest BCUT2D eigenvalue weighted by Crippen LogP contribution is 2.27. The zero-order chi connectivity index (χ0) is 10.9. The Balaban J connectivity index is 3.17. The molecule has 84 valence electrons. The van der Waals surface area contributed by atoms with Crippen LogP contribution in [0.15, 0.2) is 12.7 Å². The van der Waals surface area contributed by atoms with Gasteiger partial charge in [0.2, 0.25) is 0 Å². The fraction of sp³-hybridized carbons (Fsp3) is 0.818. The second kappa shape index (κ2) is 8.81. The Bertz CT molecular complexity index is 146. The van der Waals surface area contributed by atoms with Gasteiger partial charge in [-0.25, -0.2) is 0 Å². The van der Waals surface area contributed by atoms with E-state index in [1.807, 2.05) is 6.08 Å². The van der Waals surface area contributed by atoms with Crippen molar-refractivity contribution in [1.29, 1.82) is 0 Å². The van der Waals surface area contributed by atoms with Crippen molar-refractivity contribution in [2.24, 2.45) is 0 Å². The van der Waals surface area contributed by atoms with E-state index in [0.29, 0.717) is 0 Å². The van der Waals surface area contributed by atoms with Crippen LogP contribution < -0.4 is 0 Å². The summed E-state index contributed by atoms with van der Waals surface area (Å²) in [4.78, 5) is 0. The molecule has 0 aliphatic heterocycles.